The normalized spacial score (nSPS) is 10.4. The molecule has 3 N–H and O–H groups in total. The molecule has 1 aromatic carbocycles. The summed E-state index contributed by atoms with van der Waals surface area (Å²) < 4.78 is 9.34. The van der Waals surface area contributed by atoms with E-state index in [1.807, 2.05) is 0 Å². The molecule has 0 fully saturated rings. The Bertz CT molecular complexity index is 450. The SMILES string of the molecule is CCOC(=O)C(N)Cc1ccc(O)cc1.CCOC(=O)CC.Cl. The first-order chi connectivity index (χ1) is 10.4. The second kappa shape index (κ2) is 13.8. The number of hydrogen-bond acceptors (Lipinski definition) is 6. The number of phenolic OH excluding ortho intramolecular Hbond substituents is 1. The van der Waals surface area contributed by atoms with Crippen molar-refractivity contribution in [1.82, 2.24) is 0 Å². The minimum absolute atomic E-state index is 0. The average molecular weight is 348 g/mol. The summed E-state index contributed by atoms with van der Waals surface area (Å²) in [5, 5.41) is 9.06. The Morgan fingerprint density at radius 2 is 1.61 bits per heavy atom. The molecule has 0 aliphatic rings. The first-order valence-electron chi connectivity index (χ1n) is 7.30. The van der Waals surface area contributed by atoms with Crippen LogP contribution in [-0.4, -0.2) is 36.3 Å². The quantitative estimate of drug-likeness (QED) is 0.765. The smallest absolute Gasteiger partial charge is 0.323 e. The van der Waals surface area contributed by atoms with Crippen molar-refractivity contribution in [2.24, 2.45) is 5.73 Å². The molecule has 0 aliphatic heterocycles. The number of rotatable bonds is 6. The number of phenols is 1. The minimum Gasteiger partial charge on any atom is -0.508 e. The summed E-state index contributed by atoms with van der Waals surface area (Å²) in [5.41, 5.74) is 6.53. The van der Waals surface area contributed by atoms with Gasteiger partial charge in [-0.1, -0.05) is 19.1 Å². The first-order valence-corrected chi connectivity index (χ1v) is 7.30. The molecule has 0 bridgehead atoms. The second-order valence-electron chi connectivity index (χ2n) is 4.39. The summed E-state index contributed by atoms with van der Waals surface area (Å²) in [6, 6.07) is 5.94. The molecule has 0 radical (unpaired) electrons. The number of carbonyl (C=O) groups excluding carboxylic acids is 2. The van der Waals surface area contributed by atoms with Crippen LogP contribution in [0.3, 0.4) is 0 Å². The molecule has 0 amide bonds. The van der Waals surface area contributed by atoms with Gasteiger partial charge in [0.15, 0.2) is 0 Å². The fourth-order valence-electron chi connectivity index (χ4n) is 1.48. The molecule has 0 spiro atoms. The van der Waals surface area contributed by atoms with E-state index < -0.39 is 12.0 Å². The van der Waals surface area contributed by atoms with Crippen LogP contribution in [0.25, 0.3) is 0 Å². The lowest BCUT2D eigenvalue weighted by Gasteiger charge is -2.10. The van der Waals surface area contributed by atoms with Gasteiger partial charge in [0.05, 0.1) is 13.2 Å². The van der Waals surface area contributed by atoms with E-state index in [0.29, 0.717) is 26.1 Å². The standard InChI is InChI=1S/C11H15NO3.C5H10O2.ClH/c1-2-15-11(14)10(12)7-8-3-5-9(13)6-4-8;1-3-5(6)7-4-2;/h3-6,10,13H,2,7,12H2,1H3;3-4H2,1-2H3;1H. The van der Waals surface area contributed by atoms with E-state index in [9.17, 15) is 9.59 Å². The lowest BCUT2D eigenvalue weighted by Crippen LogP contribution is -2.34. The predicted molar refractivity (Wildman–Crippen MR) is 90.6 cm³/mol. The van der Waals surface area contributed by atoms with E-state index in [1.165, 1.54) is 0 Å². The van der Waals surface area contributed by atoms with Crippen LogP contribution in [-0.2, 0) is 25.5 Å². The van der Waals surface area contributed by atoms with E-state index in [0.717, 1.165) is 5.56 Å². The molecule has 0 heterocycles. The third-order valence-corrected chi connectivity index (χ3v) is 2.58. The van der Waals surface area contributed by atoms with Crippen LogP contribution in [0.15, 0.2) is 24.3 Å². The molecule has 1 unspecified atom stereocenters. The van der Waals surface area contributed by atoms with Crippen LogP contribution < -0.4 is 5.73 Å². The molecule has 1 aromatic rings. The molecule has 23 heavy (non-hydrogen) atoms. The van der Waals surface area contributed by atoms with Gasteiger partial charge in [0.1, 0.15) is 11.8 Å². The van der Waals surface area contributed by atoms with Crippen molar-refractivity contribution < 1.29 is 24.2 Å². The highest BCUT2D eigenvalue weighted by molar-refractivity contribution is 5.85. The average Bonchev–Trinajstić information content (AvgIpc) is 2.50. The Hall–Kier alpha value is -1.79. The summed E-state index contributed by atoms with van der Waals surface area (Å²) in [6.45, 7) is 6.14. The topological polar surface area (TPSA) is 98.8 Å². The van der Waals surface area contributed by atoms with Gasteiger partial charge < -0.3 is 20.3 Å². The van der Waals surface area contributed by atoms with Gasteiger partial charge in [-0.2, -0.15) is 0 Å². The summed E-state index contributed by atoms with van der Waals surface area (Å²) in [5.74, 6) is -0.323. The van der Waals surface area contributed by atoms with E-state index in [2.05, 4.69) is 4.74 Å². The summed E-state index contributed by atoms with van der Waals surface area (Å²) in [7, 11) is 0. The monoisotopic (exact) mass is 347 g/mol. The molecule has 1 atom stereocenters. The lowest BCUT2D eigenvalue weighted by atomic mass is 10.1. The Balaban J connectivity index is 0. The summed E-state index contributed by atoms with van der Waals surface area (Å²) in [6.07, 6.45) is 0.896. The number of halogens is 1. The molecule has 6 nitrogen and oxygen atoms in total. The highest BCUT2D eigenvalue weighted by Gasteiger charge is 2.14. The zero-order chi connectivity index (χ0) is 17.0. The van der Waals surface area contributed by atoms with Gasteiger partial charge in [0, 0.05) is 6.42 Å². The largest absolute Gasteiger partial charge is 0.508 e. The highest BCUT2D eigenvalue weighted by atomic mass is 35.5. The van der Waals surface area contributed by atoms with Crippen molar-refractivity contribution in [2.75, 3.05) is 13.2 Å². The van der Waals surface area contributed by atoms with Gasteiger partial charge >= 0.3 is 11.9 Å². The van der Waals surface area contributed by atoms with Gasteiger partial charge in [0.2, 0.25) is 0 Å². The predicted octanol–water partition coefficient (Wildman–Crippen LogP) is 2.21. The Morgan fingerprint density at radius 3 is 2.00 bits per heavy atom. The Labute approximate surface area is 143 Å². The van der Waals surface area contributed by atoms with Crippen molar-refractivity contribution in [2.45, 2.75) is 39.7 Å². The lowest BCUT2D eigenvalue weighted by molar-refractivity contribution is -0.145. The van der Waals surface area contributed by atoms with E-state index in [4.69, 9.17) is 15.6 Å². The first kappa shape index (κ1) is 23.5. The molecule has 0 saturated heterocycles. The maximum Gasteiger partial charge on any atom is 0.323 e. The summed E-state index contributed by atoms with van der Waals surface area (Å²) >= 11 is 0. The van der Waals surface area contributed by atoms with Crippen molar-refractivity contribution in [1.29, 1.82) is 0 Å². The van der Waals surface area contributed by atoms with E-state index >= 15 is 0 Å². The third kappa shape index (κ3) is 11.4. The van der Waals surface area contributed by atoms with Gasteiger partial charge in [-0.3, -0.25) is 9.59 Å². The zero-order valence-corrected chi connectivity index (χ0v) is 14.6. The van der Waals surface area contributed by atoms with Crippen LogP contribution >= 0.6 is 12.4 Å². The van der Waals surface area contributed by atoms with Crippen LogP contribution in [0.2, 0.25) is 0 Å². The van der Waals surface area contributed by atoms with Gasteiger partial charge in [-0.25, -0.2) is 0 Å². The number of esters is 2. The fraction of sp³-hybridized carbons (Fsp3) is 0.500. The van der Waals surface area contributed by atoms with Crippen molar-refractivity contribution in [3.63, 3.8) is 0 Å². The zero-order valence-electron chi connectivity index (χ0n) is 13.8. The van der Waals surface area contributed by atoms with Crippen LogP contribution in [0.4, 0.5) is 0 Å². The maximum absolute atomic E-state index is 11.2. The van der Waals surface area contributed by atoms with Gasteiger partial charge in [-0.05, 0) is 38.0 Å². The van der Waals surface area contributed by atoms with Crippen molar-refractivity contribution in [3.05, 3.63) is 29.8 Å². The Morgan fingerprint density at radius 1 is 1.09 bits per heavy atom. The minimum atomic E-state index is -0.644. The third-order valence-electron chi connectivity index (χ3n) is 2.58. The van der Waals surface area contributed by atoms with Gasteiger partial charge in [-0.15, -0.1) is 12.4 Å². The maximum atomic E-state index is 11.2. The van der Waals surface area contributed by atoms with Crippen molar-refractivity contribution in [3.8, 4) is 5.75 Å². The Kier molecular flexibility index (Phi) is 14.1. The van der Waals surface area contributed by atoms with E-state index in [-0.39, 0.29) is 24.1 Å². The molecule has 1 rings (SSSR count). The molecular formula is C16H26ClNO5. The van der Waals surface area contributed by atoms with Crippen LogP contribution in [0, 0.1) is 0 Å². The van der Waals surface area contributed by atoms with Crippen molar-refractivity contribution >= 4 is 24.3 Å². The molecule has 0 aromatic heterocycles. The summed E-state index contributed by atoms with van der Waals surface area (Å²) in [4.78, 5) is 21.4. The number of hydrogen-bond donors (Lipinski definition) is 2. The van der Waals surface area contributed by atoms with Crippen LogP contribution in [0.5, 0.6) is 5.75 Å². The van der Waals surface area contributed by atoms with Crippen LogP contribution in [0.1, 0.15) is 32.8 Å². The van der Waals surface area contributed by atoms with E-state index in [1.54, 1.807) is 45.0 Å². The number of nitrogens with two attached hydrogens (primary N) is 1. The molecule has 0 aliphatic carbocycles. The molecular weight excluding hydrogens is 322 g/mol. The molecule has 7 heteroatoms. The number of aromatic hydroxyl groups is 1. The molecule has 0 saturated carbocycles. The number of carbonyl (C=O) groups is 2. The molecule has 132 valence electrons. The number of benzene rings is 1. The highest BCUT2D eigenvalue weighted by Crippen LogP contribution is 2.11. The second-order valence-corrected chi connectivity index (χ2v) is 4.39. The number of ether oxygens (including phenoxy) is 2. The van der Waals surface area contributed by atoms with Gasteiger partial charge in [0.25, 0.3) is 0 Å². The fourth-order valence-corrected chi connectivity index (χ4v) is 1.48.